The predicted octanol–water partition coefficient (Wildman–Crippen LogP) is 3.91. The smallest absolute Gasteiger partial charge is 0.140 e. The van der Waals surface area contributed by atoms with E-state index in [4.69, 9.17) is 0 Å². The van der Waals surface area contributed by atoms with Gasteiger partial charge in [-0.15, -0.1) is 0 Å². The third-order valence-corrected chi connectivity index (χ3v) is 4.43. The number of aryl methyl sites for hydroxylation is 2. The fourth-order valence-corrected chi connectivity index (χ4v) is 3.11. The molecule has 3 rings (SSSR count). The molecular weight excluding hydrogens is 244 g/mol. The molecule has 0 N–H and O–H groups in total. The molecule has 1 heteroatoms. The van der Waals surface area contributed by atoms with E-state index in [2.05, 4.69) is 43.3 Å². The quantitative estimate of drug-likeness (QED) is 0.821. The summed E-state index contributed by atoms with van der Waals surface area (Å²) in [5.74, 6) is 0.596. The minimum absolute atomic E-state index is 0.199. The van der Waals surface area contributed by atoms with Gasteiger partial charge in [-0.3, -0.25) is 4.79 Å². The molecule has 0 saturated carbocycles. The highest BCUT2D eigenvalue weighted by Crippen LogP contribution is 2.27. The van der Waals surface area contributed by atoms with E-state index in [0.29, 0.717) is 12.2 Å². The maximum absolute atomic E-state index is 12.5. The summed E-state index contributed by atoms with van der Waals surface area (Å²) in [5, 5.41) is 0. The number of fused-ring (bicyclic) bond motifs is 1. The van der Waals surface area contributed by atoms with Gasteiger partial charge in [-0.2, -0.15) is 0 Å². The zero-order valence-corrected chi connectivity index (χ0v) is 11.9. The Labute approximate surface area is 120 Å². The van der Waals surface area contributed by atoms with E-state index in [1.165, 1.54) is 22.3 Å². The molecule has 102 valence electrons. The fourth-order valence-electron chi connectivity index (χ4n) is 3.11. The number of hydrogen-bond acceptors (Lipinski definition) is 1. The molecule has 0 aliphatic heterocycles. The summed E-state index contributed by atoms with van der Waals surface area (Å²) < 4.78 is 0. The lowest BCUT2D eigenvalue weighted by Gasteiger charge is -2.23. The maximum Gasteiger partial charge on any atom is 0.140 e. The number of rotatable bonds is 3. The van der Waals surface area contributed by atoms with Gasteiger partial charge in [0.15, 0.2) is 0 Å². The summed E-state index contributed by atoms with van der Waals surface area (Å²) >= 11 is 0. The number of benzene rings is 2. The molecule has 0 spiro atoms. The highest BCUT2D eigenvalue weighted by Gasteiger charge is 2.24. The van der Waals surface area contributed by atoms with Crippen LogP contribution in [-0.2, 0) is 24.1 Å². The van der Waals surface area contributed by atoms with Crippen LogP contribution in [0.3, 0.4) is 0 Å². The Morgan fingerprint density at radius 2 is 1.75 bits per heavy atom. The molecule has 0 heterocycles. The SMILES string of the molecule is Cc1ccccc1CC(=O)C1CCc2ccccc2C1. The molecule has 0 amide bonds. The second-order valence-corrected chi connectivity index (χ2v) is 5.78. The topological polar surface area (TPSA) is 17.1 Å². The van der Waals surface area contributed by atoms with E-state index in [1.54, 1.807) is 0 Å². The van der Waals surface area contributed by atoms with Crippen molar-refractivity contribution in [1.29, 1.82) is 0 Å². The van der Waals surface area contributed by atoms with E-state index < -0.39 is 0 Å². The lowest BCUT2D eigenvalue weighted by atomic mass is 9.80. The monoisotopic (exact) mass is 264 g/mol. The summed E-state index contributed by atoms with van der Waals surface area (Å²) in [7, 11) is 0. The van der Waals surface area contributed by atoms with Gasteiger partial charge < -0.3 is 0 Å². The Hall–Kier alpha value is -1.89. The highest BCUT2D eigenvalue weighted by molar-refractivity contribution is 5.84. The Balaban J connectivity index is 1.72. The second-order valence-electron chi connectivity index (χ2n) is 5.78. The molecule has 2 aromatic carbocycles. The first-order valence-corrected chi connectivity index (χ1v) is 7.38. The Morgan fingerprint density at radius 1 is 1.05 bits per heavy atom. The van der Waals surface area contributed by atoms with Crippen LogP contribution in [0.15, 0.2) is 48.5 Å². The number of carbonyl (C=O) groups excluding carboxylic acids is 1. The van der Waals surface area contributed by atoms with Crippen molar-refractivity contribution < 1.29 is 4.79 Å². The summed E-state index contributed by atoms with van der Waals surface area (Å²) in [6, 6.07) is 16.7. The van der Waals surface area contributed by atoms with Crippen LogP contribution in [0.4, 0.5) is 0 Å². The van der Waals surface area contributed by atoms with Crippen LogP contribution < -0.4 is 0 Å². The average Bonchev–Trinajstić information content (AvgIpc) is 2.49. The number of carbonyl (C=O) groups is 1. The third kappa shape index (κ3) is 2.67. The second kappa shape index (κ2) is 5.62. The lowest BCUT2D eigenvalue weighted by Crippen LogP contribution is -2.24. The number of Topliss-reactive ketones (excluding diaryl/α,β-unsaturated/α-hetero) is 1. The molecular formula is C19H20O. The molecule has 0 fully saturated rings. The average molecular weight is 264 g/mol. The van der Waals surface area contributed by atoms with E-state index in [0.717, 1.165) is 19.3 Å². The van der Waals surface area contributed by atoms with Gasteiger partial charge in [0, 0.05) is 12.3 Å². The summed E-state index contributed by atoms with van der Waals surface area (Å²) in [6.07, 6.45) is 3.54. The standard InChI is InChI=1S/C19H20O/c1-14-6-2-3-8-16(14)13-19(20)18-11-10-15-7-4-5-9-17(15)12-18/h2-9,18H,10-13H2,1H3. The highest BCUT2D eigenvalue weighted by atomic mass is 16.1. The van der Waals surface area contributed by atoms with E-state index in [1.807, 2.05) is 12.1 Å². The van der Waals surface area contributed by atoms with Gasteiger partial charge >= 0.3 is 0 Å². The van der Waals surface area contributed by atoms with Crippen LogP contribution in [0, 0.1) is 12.8 Å². The number of ketones is 1. The molecule has 0 radical (unpaired) electrons. The summed E-state index contributed by atoms with van der Waals surface area (Å²) in [6.45, 7) is 2.08. The van der Waals surface area contributed by atoms with Gasteiger partial charge in [-0.05, 0) is 48.4 Å². The molecule has 0 aromatic heterocycles. The molecule has 1 aliphatic carbocycles. The summed E-state index contributed by atoms with van der Waals surface area (Å²) in [4.78, 5) is 12.5. The van der Waals surface area contributed by atoms with Crippen molar-refractivity contribution >= 4 is 5.78 Å². The molecule has 20 heavy (non-hydrogen) atoms. The normalized spacial score (nSPS) is 17.6. The molecule has 2 aromatic rings. The summed E-state index contributed by atoms with van der Waals surface area (Å²) in [5.41, 5.74) is 5.18. The van der Waals surface area contributed by atoms with Gasteiger partial charge in [0.2, 0.25) is 0 Å². The van der Waals surface area contributed by atoms with Crippen LogP contribution in [-0.4, -0.2) is 5.78 Å². The van der Waals surface area contributed by atoms with Gasteiger partial charge in [-0.1, -0.05) is 48.5 Å². The minimum atomic E-state index is 0.199. The molecule has 1 atom stereocenters. The van der Waals surface area contributed by atoms with E-state index in [-0.39, 0.29) is 5.92 Å². The molecule has 1 nitrogen and oxygen atoms in total. The maximum atomic E-state index is 12.5. The van der Waals surface area contributed by atoms with Crippen LogP contribution >= 0.6 is 0 Å². The van der Waals surface area contributed by atoms with Gasteiger partial charge in [0.25, 0.3) is 0 Å². The molecule has 0 saturated heterocycles. The van der Waals surface area contributed by atoms with Crippen LogP contribution in [0.25, 0.3) is 0 Å². The fraction of sp³-hybridized carbons (Fsp3) is 0.316. The van der Waals surface area contributed by atoms with Gasteiger partial charge in [-0.25, -0.2) is 0 Å². The van der Waals surface area contributed by atoms with E-state index >= 15 is 0 Å². The Bertz CT molecular complexity index is 627. The zero-order valence-electron chi connectivity index (χ0n) is 11.9. The first-order valence-electron chi connectivity index (χ1n) is 7.38. The first-order chi connectivity index (χ1) is 9.74. The van der Waals surface area contributed by atoms with Crippen LogP contribution in [0.5, 0.6) is 0 Å². The van der Waals surface area contributed by atoms with Crippen LogP contribution in [0.2, 0.25) is 0 Å². The van der Waals surface area contributed by atoms with Crippen molar-refractivity contribution in [3.63, 3.8) is 0 Å². The molecule has 1 aliphatic rings. The number of hydrogen-bond donors (Lipinski definition) is 0. The Morgan fingerprint density at radius 3 is 2.55 bits per heavy atom. The van der Waals surface area contributed by atoms with Crippen molar-refractivity contribution in [3.05, 3.63) is 70.8 Å². The molecule has 0 bridgehead atoms. The largest absolute Gasteiger partial charge is 0.299 e. The zero-order chi connectivity index (χ0) is 13.9. The van der Waals surface area contributed by atoms with Gasteiger partial charge in [0.1, 0.15) is 5.78 Å². The van der Waals surface area contributed by atoms with Crippen molar-refractivity contribution in [3.8, 4) is 0 Å². The van der Waals surface area contributed by atoms with Crippen molar-refractivity contribution in [2.75, 3.05) is 0 Å². The van der Waals surface area contributed by atoms with Crippen molar-refractivity contribution in [2.24, 2.45) is 5.92 Å². The lowest BCUT2D eigenvalue weighted by molar-refractivity contribution is -0.122. The van der Waals surface area contributed by atoms with Crippen LogP contribution in [0.1, 0.15) is 28.7 Å². The third-order valence-electron chi connectivity index (χ3n) is 4.43. The van der Waals surface area contributed by atoms with Gasteiger partial charge in [0.05, 0.1) is 0 Å². The van der Waals surface area contributed by atoms with Crippen molar-refractivity contribution in [2.45, 2.75) is 32.6 Å². The Kier molecular flexibility index (Phi) is 3.68. The van der Waals surface area contributed by atoms with Crippen molar-refractivity contribution in [1.82, 2.24) is 0 Å². The predicted molar refractivity (Wildman–Crippen MR) is 81.8 cm³/mol. The minimum Gasteiger partial charge on any atom is -0.299 e. The molecule has 1 unspecified atom stereocenters. The van der Waals surface area contributed by atoms with E-state index in [9.17, 15) is 4.79 Å². The first kappa shape index (κ1) is 13.1.